The third-order valence-corrected chi connectivity index (χ3v) is 7.22. The van der Waals surface area contributed by atoms with E-state index in [9.17, 15) is 26.4 Å². The van der Waals surface area contributed by atoms with E-state index in [1.54, 1.807) is 12.1 Å². The SMILES string of the molecule is Cc1ccc(S(=O)(=O)N(CCc2ccccc2)CC(=O)Nc2ccc(Cl)c(C(F)(F)F)c2)cc1. The molecule has 180 valence electrons. The topological polar surface area (TPSA) is 66.5 Å². The summed E-state index contributed by atoms with van der Waals surface area (Å²) < 4.78 is 66.9. The van der Waals surface area contributed by atoms with Gasteiger partial charge in [-0.1, -0.05) is 59.6 Å². The summed E-state index contributed by atoms with van der Waals surface area (Å²) in [7, 11) is -4.04. The minimum absolute atomic E-state index is 0.00205. The Hall–Kier alpha value is -2.88. The molecule has 0 heterocycles. The molecule has 0 aliphatic carbocycles. The molecule has 3 rings (SSSR count). The van der Waals surface area contributed by atoms with Crippen LogP contribution in [0.1, 0.15) is 16.7 Å². The molecule has 0 spiro atoms. The fraction of sp³-hybridized carbons (Fsp3) is 0.208. The van der Waals surface area contributed by atoms with Crippen LogP contribution < -0.4 is 5.32 Å². The van der Waals surface area contributed by atoms with E-state index < -0.39 is 39.2 Å². The van der Waals surface area contributed by atoms with Gasteiger partial charge in [-0.25, -0.2) is 8.42 Å². The Bertz CT molecular complexity index is 1250. The molecular weight excluding hydrogens is 489 g/mol. The van der Waals surface area contributed by atoms with Crippen molar-refractivity contribution in [3.05, 3.63) is 94.5 Å². The van der Waals surface area contributed by atoms with Gasteiger partial charge in [-0.05, 0) is 49.2 Å². The van der Waals surface area contributed by atoms with Gasteiger partial charge in [0.1, 0.15) is 0 Å². The summed E-state index contributed by atoms with van der Waals surface area (Å²) in [4.78, 5) is 12.7. The zero-order valence-electron chi connectivity index (χ0n) is 18.1. The lowest BCUT2D eigenvalue weighted by molar-refractivity contribution is -0.137. The van der Waals surface area contributed by atoms with Gasteiger partial charge in [0.05, 0.1) is 22.0 Å². The van der Waals surface area contributed by atoms with E-state index in [-0.39, 0.29) is 17.1 Å². The second-order valence-corrected chi connectivity index (χ2v) is 9.97. The number of sulfonamides is 1. The summed E-state index contributed by atoms with van der Waals surface area (Å²) in [6.07, 6.45) is -4.35. The highest BCUT2D eigenvalue weighted by atomic mass is 35.5. The maximum Gasteiger partial charge on any atom is 0.417 e. The molecular formula is C24H22ClF3N2O3S. The van der Waals surface area contributed by atoms with Crippen molar-refractivity contribution in [3.8, 4) is 0 Å². The van der Waals surface area contributed by atoms with Crippen molar-refractivity contribution < 1.29 is 26.4 Å². The van der Waals surface area contributed by atoms with Crippen LogP contribution in [0.25, 0.3) is 0 Å². The van der Waals surface area contributed by atoms with Gasteiger partial charge < -0.3 is 5.32 Å². The third-order valence-electron chi connectivity index (χ3n) is 5.03. The first kappa shape index (κ1) is 25.7. The molecule has 0 saturated heterocycles. The van der Waals surface area contributed by atoms with E-state index in [0.717, 1.165) is 21.5 Å². The molecule has 5 nitrogen and oxygen atoms in total. The number of nitrogens with zero attached hydrogens (tertiary/aromatic N) is 1. The summed E-state index contributed by atoms with van der Waals surface area (Å²) >= 11 is 5.62. The summed E-state index contributed by atoms with van der Waals surface area (Å²) in [6, 6.07) is 18.3. The average molecular weight is 511 g/mol. The second kappa shape index (κ2) is 10.6. The van der Waals surface area contributed by atoms with Gasteiger partial charge in [0, 0.05) is 12.2 Å². The zero-order valence-corrected chi connectivity index (χ0v) is 19.7. The van der Waals surface area contributed by atoms with E-state index in [0.29, 0.717) is 12.5 Å². The van der Waals surface area contributed by atoms with Crippen LogP contribution >= 0.6 is 11.6 Å². The first-order valence-corrected chi connectivity index (χ1v) is 12.1. The van der Waals surface area contributed by atoms with Gasteiger partial charge in [-0.2, -0.15) is 17.5 Å². The minimum atomic E-state index is -4.70. The normalized spacial score (nSPS) is 12.1. The van der Waals surface area contributed by atoms with E-state index in [2.05, 4.69) is 5.32 Å². The molecule has 0 saturated carbocycles. The van der Waals surface area contributed by atoms with Crippen LogP contribution in [0.15, 0.2) is 77.7 Å². The molecule has 0 aliphatic rings. The smallest absolute Gasteiger partial charge is 0.325 e. The second-order valence-electron chi connectivity index (χ2n) is 7.63. The lowest BCUT2D eigenvalue weighted by Crippen LogP contribution is -2.39. The highest BCUT2D eigenvalue weighted by Crippen LogP contribution is 2.36. The molecule has 1 amide bonds. The fourth-order valence-electron chi connectivity index (χ4n) is 3.22. The molecule has 10 heteroatoms. The fourth-order valence-corrected chi connectivity index (χ4v) is 4.84. The quantitative estimate of drug-likeness (QED) is 0.433. The van der Waals surface area contributed by atoms with Crippen molar-refractivity contribution in [1.29, 1.82) is 0 Å². The Morgan fingerprint density at radius 1 is 1.00 bits per heavy atom. The molecule has 3 aromatic rings. The Morgan fingerprint density at radius 3 is 2.26 bits per heavy atom. The number of hydrogen-bond donors (Lipinski definition) is 1. The number of carbonyl (C=O) groups excluding carboxylic acids is 1. The predicted molar refractivity (Wildman–Crippen MR) is 125 cm³/mol. The van der Waals surface area contributed by atoms with Gasteiger partial charge in [-0.15, -0.1) is 0 Å². The highest BCUT2D eigenvalue weighted by molar-refractivity contribution is 7.89. The van der Waals surface area contributed by atoms with Crippen molar-refractivity contribution in [2.24, 2.45) is 0 Å². The van der Waals surface area contributed by atoms with Gasteiger partial charge in [0.25, 0.3) is 0 Å². The van der Waals surface area contributed by atoms with Crippen molar-refractivity contribution in [3.63, 3.8) is 0 Å². The first-order chi connectivity index (χ1) is 16.0. The number of anilines is 1. The number of carbonyl (C=O) groups is 1. The molecule has 3 aromatic carbocycles. The molecule has 0 unspecified atom stereocenters. The molecule has 0 atom stereocenters. The van der Waals surface area contributed by atoms with E-state index in [4.69, 9.17) is 11.6 Å². The maximum atomic E-state index is 13.3. The number of hydrogen-bond acceptors (Lipinski definition) is 3. The number of benzene rings is 3. The van der Waals surface area contributed by atoms with Crippen LogP contribution in [0.4, 0.5) is 18.9 Å². The molecule has 0 aromatic heterocycles. The van der Waals surface area contributed by atoms with Crippen molar-refractivity contribution in [2.45, 2.75) is 24.4 Å². The molecule has 0 bridgehead atoms. The van der Waals surface area contributed by atoms with Crippen LogP contribution in [-0.4, -0.2) is 31.7 Å². The number of amides is 1. The van der Waals surface area contributed by atoms with Gasteiger partial charge in [-0.3, -0.25) is 4.79 Å². The monoisotopic (exact) mass is 510 g/mol. The summed E-state index contributed by atoms with van der Waals surface area (Å²) in [5.41, 5.74) is 0.507. The van der Waals surface area contributed by atoms with Gasteiger partial charge in [0.2, 0.25) is 15.9 Å². The highest BCUT2D eigenvalue weighted by Gasteiger charge is 2.33. The third kappa shape index (κ3) is 6.59. The standard InChI is InChI=1S/C24H22ClF3N2O3S/c1-17-7-10-20(11-8-17)34(32,33)30(14-13-18-5-3-2-4-6-18)16-23(31)29-19-9-12-22(25)21(15-19)24(26,27)28/h2-12,15H,13-14,16H2,1H3,(H,29,31). The van der Waals surface area contributed by atoms with Crippen LogP contribution in [-0.2, 0) is 27.4 Å². The number of alkyl halides is 3. The molecule has 34 heavy (non-hydrogen) atoms. The minimum Gasteiger partial charge on any atom is -0.325 e. The summed E-state index contributed by atoms with van der Waals surface area (Å²) in [5.74, 6) is -0.779. The Morgan fingerprint density at radius 2 is 1.65 bits per heavy atom. The van der Waals surface area contributed by atoms with Crippen molar-refractivity contribution >= 4 is 33.2 Å². The molecule has 0 fully saturated rings. The molecule has 0 radical (unpaired) electrons. The van der Waals surface area contributed by atoms with Crippen LogP contribution in [0.2, 0.25) is 5.02 Å². The lowest BCUT2D eigenvalue weighted by atomic mass is 10.1. The molecule has 0 aliphatic heterocycles. The van der Waals surface area contributed by atoms with Crippen molar-refractivity contribution in [1.82, 2.24) is 4.31 Å². The number of rotatable bonds is 8. The van der Waals surface area contributed by atoms with Crippen LogP contribution in [0.5, 0.6) is 0 Å². The Balaban J connectivity index is 1.83. The number of nitrogens with one attached hydrogen (secondary N) is 1. The molecule has 1 N–H and O–H groups in total. The maximum absolute atomic E-state index is 13.3. The van der Waals surface area contributed by atoms with E-state index >= 15 is 0 Å². The van der Waals surface area contributed by atoms with Crippen molar-refractivity contribution in [2.75, 3.05) is 18.4 Å². The number of halogens is 4. The Kier molecular flexibility index (Phi) is 8.01. The van der Waals surface area contributed by atoms with E-state index in [1.165, 1.54) is 18.2 Å². The zero-order chi connectivity index (χ0) is 24.9. The number of aryl methyl sites for hydroxylation is 1. The van der Waals surface area contributed by atoms with E-state index in [1.807, 2.05) is 37.3 Å². The summed E-state index contributed by atoms with van der Waals surface area (Å²) in [6.45, 7) is 1.24. The summed E-state index contributed by atoms with van der Waals surface area (Å²) in [5, 5.41) is 1.84. The average Bonchev–Trinajstić information content (AvgIpc) is 2.78. The lowest BCUT2D eigenvalue weighted by Gasteiger charge is -2.22. The Labute approximate surface area is 201 Å². The van der Waals surface area contributed by atoms with Gasteiger partial charge in [0.15, 0.2) is 0 Å². The van der Waals surface area contributed by atoms with Crippen LogP contribution in [0, 0.1) is 6.92 Å². The predicted octanol–water partition coefficient (Wildman–Crippen LogP) is 5.54. The largest absolute Gasteiger partial charge is 0.417 e. The van der Waals surface area contributed by atoms with Gasteiger partial charge >= 0.3 is 6.18 Å². The van der Waals surface area contributed by atoms with Crippen LogP contribution in [0.3, 0.4) is 0 Å². The first-order valence-electron chi connectivity index (χ1n) is 10.2.